The van der Waals surface area contributed by atoms with Crippen molar-refractivity contribution in [2.24, 2.45) is 0 Å². The zero-order valence-corrected chi connectivity index (χ0v) is 15.4. The molecular weight excluding hydrogens is 363 g/mol. The third kappa shape index (κ3) is 3.13. The van der Waals surface area contributed by atoms with E-state index in [1.807, 2.05) is 0 Å². The lowest BCUT2D eigenvalue weighted by atomic mass is 10.1. The first-order valence-electron chi connectivity index (χ1n) is 6.58. The van der Waals surface area contributed by atoms with E-state index in [0.717, 1.165) is 5.75 Å². The molecule has 0 unspecified atom stereocenters. The molecular formula is C16H21IOSi. The molecule has 0 fully saturated rings. The van der Waals surface area contributed by atoms with Crippen LogP contribution in [0.25, 0.3) is 10.8 Å². The summed E-state index contributed by atoms with van der Waals surface area (Å²) in [5.41, 5.74) is 0. The molecule has 0 spiro atoms. The molecule has 2 aromatic carbocycles. The van der Waals surface area contributed by atoms with E-state index in [-0.39, 0.29) is 5.04 Å². The van der Waals surface area contributed by atoms with Crippen LogP contribution in [0.4, 0.5) is 0 Å². The highest BCUT2D eigenvalue weighted by Crippen LogP contribution is 2.38. The highest BCUT2D eigenvalue weighted by Gasteiger charge is 2.38. The van der Waals surface area contributed by atoms with Crippen LogP contribution < -0.4 is 4.43 Å². The van der Waals surface area contributed by atoms with E-state index in [2.05, 4.69) is 92.9 Å². The fourth-order valence-corrected chi connectivity index (χ4v) is 3.42. The van der Waals surface area contributed by atoms with Crippen LogP contribution >= 0.6 is 22.6 Å². The maximum atomic E-state index is 6.36. The molecule has 2 aromatic rings. The normalized spacial score (nSPS) is 12.7. The first kappa shape index (κ1) is 14.8. The third-order valence-electron chi connectivity index (χ3n) is 3.98. The van der Waals surface area contributed by atoms with Gasteiger partial charge in [0, 0.05) is 3.57 Å². The third-order valence-corrected chi connectivity index (χ3v) is 9.28. The van der Waals surface area contributed by atoms with Gasteiger partial charge in [0.25, 0.3) is 0 Å². The standard InChI is InChI=1S/C16H21IOSi/c1-16(2,3)19(4,5)18-13-10-9-12-7-6-8-15(17)14(12)11-13/h6-11H,1-5H3. The Morgan fingerprint density at radius 2 is 1.74 bits per heavy atom. The molecule has 0 saturated heterocycles. The van der Waals surface area contributed by atoms with Crippen molar-refractivity contribution in [1.82, 2.24) is 0 Å². The number of benzene rings is 2. The van der Waals surface area contributed by atoms with Crippen LogP contribution in [-0.2, 0) is 0 Å². The molecule has 0 radical (unpaired) electrons. The van der Waals surface area contributed by atoms with E-state index >= 15 is 0 Å². The summed E-state index contributed by atoms with van der Waals surface area (Å²) < 4.78 is 7.64. The van der Waals surface area contributed by atoms with Crippen LogP contribution in [0, 0.1) is 3.57 Å². The van der Waals surface area contributed by atoms with Gasteiger partial charge in [0.2, 0.25) is 8.32 Å². The highest BCUT2D eigenvalue weighted by atomic mass is 127. The summed E-state index contributed by atoms with van der Waals surface area (Å²) in [6.07, 6.45) is 0. The maximum absolute atomic E-state index is 6.36. The van der Waals surface area contributed by atoms with E-state index in [9.17, 15) is 0 Å². The van der Waals surface area contributed by atoms with Gasteiger partial charge in [-0.25, -0.2) is 0 Å². The van der Waals surface area contributed by atoms with E-state index in [1.54, 1.807) is 0 Å². The summed E-state index contributed by atoms with van der Waals surface area (Å²) in [5, 5.41) is 2.78. The monoisotopic (exact) mass is 384 g/mol. The average Bonchev–Trinajstić information content (AvgIpc) is 2.28. The van der Waals surface area contributed by atoms with Gasteiger partial charge in [-0.3, -0.25) is 0 Å². The molecule has 1 nitrogen and oxygen atoms in total. The first-order chi connectivity index (χ1) is 8.71. The summed E-state index contributed by atoms with van der Waals surface area (Å²) in [6.45, 7) is 11.4. The van der Waals surface area contributed by atoms with Crippen LogP contribution in [0.1, 0.15) is 20.8 Å². The minimum absolute atomic E-state index is 0.228. The fraction of sp³-hybridized carbons (Fsp3) is 0.375. The molecule has 102 valence electrons. The van der Waals surface area contributed by atoms with Gasteiger partial charge in [0.15, 0.2) is 0 Å². The van der Waals surface area contributed by atoms with Crippen LogP contribution in [0.15, 0.2) is 36.4 Å². The lowest BCUT2D eigenvalue weighted by Crippen LogP contribution is -2.43. The Morgan fingerprint density at radius 1 is 1.05 bits per heavy atom. The van der Waals surface area contributed by atoms with Crippen molar-refractivity contribution in [1.29, 1.82) is 0 Å². The molecule has 0 aromatic heterocycles. The molecule has 19 heavy (non-hydrogen) atoms. The minimum atomic E-state index is -1.75. The van der Waals surface area contributed by atoms with Gasteiger partial charge in [-0.1, -0.05) is 39.0 Å². The first-order valence-corrected chi connectivity index (χ1v) is 10.6. The molecule has 0 aliphatic rings. The van der Waals surface area contributed by atoms with Crippen LogP contribution in [-0.4, -0.2) is 8.32 Å². The summed E-state index contributed by atoms with van der Waals surface area (Å²) in [7, 11) is -1.75. The van der Waals surface area contributed by atoms with Crippen molar-refractivity contribution in [3.05, 3.63) is 40.0 Å². The van der Waals surface area contributed by atoms with E-state index in [0.29, 0.717) is 0 Å². The molecule has 3 heteroatoms. The predicted octanol–water partition coefficient (Wildman–Crippen LogP) is 5.83. The Balaban J connectivity index is 2.40. The lowest BCUT2D eigenvalue weighted by Gasteiger charge is -2.36. The quantitative estimate of drug-likeness (QED) is 0.468. The maximum Gasteiger partial charge on any atom is 0.250 e. The smallest absolute Gasteiger partial charge is 0.250 e. The van der Waals surface area contributed by atoms with Crippen molar-refractivity contribution in [3.8, 4) is 5.75 Å². The van der Waals surface area contributed by atoms with Crippen LogP contribution in [0.5, 0.6) is 5.75 Å². The summed E-state index contributed by atoms with van der Waals surface area (Å²) in [6, 6.07) is 12.8. The second kappa shape index (κ2) is 5.09. The zero-order valence-electron chi connectivity index (χ0n) is 12.3. The summed E-state index contributed by atoms with van der Waals surface area (Å²) in [5.74, 6) is 1.00. The largest absolute Gasteiger partial charge is 0.543 e. The molecule has 0 amide bonds. The van der Waals surface area contributed by atoms with E-state index < -0.39 is 8.32 Å². The Morgan fingerprint density at radius 3 is 2.37 bits per heavy atom. The van der Waals surface area contributed by atoms with Crippen molar-refractivity contribution in [2.75, 3.05) is 0 Å². The van der Waals surface area contributed by atoms with Crippen LogP contribution in [0.2, 0.25) is 18.1 Å². The topological polar surface area (TPSA) is 9.23 Å². The van der Waals surface area contributed by atoms with Crippen molar-refractivity contribution in [2.45, 2.75) is 38.9 Å². The molecule has 0 atom stereocenters. The molecule has 0 bridgehead atoms. The van der Waals surface area contributed by atoms with Gasteiger partial charge < -0.3 is 4.43 Å². The molecule has 2 rings (SSSR count). The Bertz CT molecular complexity index is 599. The number of hydrogen-bond acceptors (Lipinski definition) is 1. The molecule has 0 heterocycles. The number of fused-ring (bicyclic) bond motifs is 1. The van der Waals surface area contributed by atoms with Gasteiger partial charge in [-0.2, -0.15) is 0 Å². The van der Waals surface area contributed by atoms with Crippen molar-refractivity contribution >= 4 is 41.7 Å². The zero-order chi connectivity index (χ0) is 14.3. The Labute approximate surface area is 130 Å². The second-order valence-corrected chi connectivity index (χ2v) is 12.4. The molecule has 0 N–H and O–H groups in total. The van der Waals surface area contributed by atoms with Gasteiger partial charge in [0.05, 0.1) is 0 Å². The van der Waals surface area contributed by atoms with E-state index in [4.69, 9.17) is 4.43 Å². The van der Waals surface area contributed by atoms with Gasteiger partial charge >= 0.3 is 0 Å². The summed E-state index contributed by atoms with van der Waals surface area (Å²) >= 11 is 2.38. The van der Waals surface area contributed by atoms with Crippen molar-refractivity contribution in [3.63, 3.8) is 0 Å². The van der Waals surface area contributed by atoms with Crippen molar-refractivity contribution < 1.29 is 4.43 Å². The molecule has 0 saturated carbocycles. The predicted molar refractivity (Wildman–Crippen MR) is 94.5 cm³/mol. The fourth-order valence-electron chi connectivity index (χ4n) is 1.72. The SMILES string of the molecule is CC(C)(C)[Si](C)(C)Oc1ccc2cccc(I)c2c1. The van der Waals surface area contributed by atoms with Gasteiger partial charge in [-0.15, -0.1) is 0 Å². The molecule has 0 aliphatic heterocycles. The number of halogens is 1. The highest BCUT2D eigenvalue weighted by molar-refractivity contribution is 14.1. The summed E-state index contributed by atoms with van der Waals surface area (Å²) in [4.78, 5) is 0. The minimum Gasteiger partial charge on any atom is -0.543 e. The average molecular weight is 384 g/mol. The van der Waals surface area contributed by atoms with E-state index in [1.165, 1.54) is 14.3 Å². The van der Waals surface area contributed by atoms with Gasteiger partial charge in [-0.05, 0) is 69.7 Å². The van der Waals surface area contributed by atoms with Gasteiger partial charge in [0.1, 0.15) is 5.75 Å². The Kier molecular flexibility index (Phi) is 3.98. The second-order valence-electron chi connectivity index (χ2n) is 6.49. The Hall–Kier alpha value is -0.553. The lowest BCUT2D eigenvalue weighted by molar-refractivity contribution is 0.493. The number of hydrogen-bond donors (Lipinski definition) is 0. The molecule has 0 aliphatic carbocycles. The van der Waals surface area contributed by atoms with Crippen LogP contribution in [0.3, 0.4) is 0 Å². The number of rotatable bonds is 2.